The van der Waals surface area contributed by atoms with Gasteiger partial charge < -0.3 is 14.3 Å². The van der Waals surface area contributed by atoms with E-state index in [0.29, 0.717) is 17.6 Å². The van der Waals surface area contributed by atoms with Crippen molar-refractivity contribution in [2.75, 3.05) is 34.3 Å². The summed E-state index contributed by atoms with van der Waals surface area (Å²) >= 11 is 0. The number of hydrogen-bond donors (Lipinski definition) is 1. The molecule has 1 atom stereocenters. The summed E-state index contributed by atoms with van der Waals surface area (Å²) in [6.07, 6.45) is 1.80. The Kier molecular flexibility index (Phi) is 6.29. The number of carboxylic acid groups (broad SMARTS) is 1. The third-order valence-electron chi connectivity index (χ3n) is 1.98. The third kappa shape index (κ3) is 9.68. The maximum atomic E-state index is 10.7. The minimum absolute atomic E-state index is 0.0616. The molecule has 0 radical (unpaired) electrons. The number of allylic oxidation sites excluding steroid dienone is 1. The fourth-order valence-corrected chi connectivity index (χ4v) is 1.33. The molecule has 0 fully saturated rings. The van der Waals surface area contributed by atoms with Crippen LogP contribution in [0.3, 0.4) is 0 Å². The molecule has 0 aliphatic carbocycles. The van der Waals surface area contributed by atoms with E-state index in [1.54, 1.807) is 0 Å². The molecule has 0 saturated carbocycles. The van der Waals surface area contributed by atoms with Crippen molar-refractivity contribution in [2.24, 2.45) is 0 Å². The summed E-state index contributed by atoms with van der Waals surface area (Å²) in [6.45, 7) is 5.17. The zero-order valence-electron chi connectivity index (χ0n) is 11.0. The molecule has 1 N–H and O–H groups in total. The number of carbonyl (C=O) groups is 1. The van der Waals surface area contributed by atoms with Gasteiger partial charge in [0.25, 0.3) is 0 Å². The van der Waals surface area contributed by atoms with Crippen molar-refractivity contribution in [1.29, 1.82) is 0 Å². The number of ether oxygens (including phenoxy) is 1. The van der Waals surface area contributed by atoms with E-state index >= 15 is 0 Å². The van der Waals surface area contributed by atoms with Crippen molar-refractivity contribution >= 4 is 5.97 Å². The molecule has 0 aromatic rings. The number of aliphatic carboxylic acids is 1. The fourth-order valence-electron chi connectivity index (χ4n) is 1.33. The minimum atomic E-state index is -0.810. The molecular weight excluding hydrogens is 206 g/mol. The molecule has 4 heteroatoms. The van der Waals surface area contributed by atoms with Gasteiger partial charge in [0.2, 0.25) is 0 Å². The minimum Gasteiger partial charge on any atom is -0.481 e. The van der Waals surface area contributed by atoms with Gasteiger partial charge in [-0.1, -0.05) is 11.6 Å². The van der Waals surface area contributed by atoms with E-state index in [1.807, 2.05) is 41.1 Å². The largest absolute Gasteiger partial charge is 0.481 e. The van der Waals surface area contributed by atoms with Crippen LogP contribution in [0.2, 0.25) is 0 Å². The van der Waals surface area contributed by atoms with Gasteiger partial charge in [-0.05, 0) is 13.8 Å². The molecule has 0 aromatic heterocycles. The number of likely N-dealkylation sites (N-methyl/N-ethyl adjacent to an activating group) is 1. The number of quaternary nitrogens is 1. The van der Waals surface area contributed by atoms with Crippen molar-refractivity contribution in [2.45, 2.75) is 26.4 Å². The Morgan fingerprint density at radius 3 is 2.31 bits per heavy atom. The van der Waals surface area contributed by atoms with Crippen molar-refractivity contribution in [3.8, 4) is 0 Å². The summed E-state index contributed by atoms with van der Waals surface area (Å²) in [5.74, 6) is -0.810. The predicted molar refractivity (Wildman–Crippen MR) is 64.3 cm³/mol. The van der Waals surface area contributed by atoms with Gasteiger partial charge in [0.05, 0.1) is 34.2 Å². The van der Waals surface area contributed by atoms with Gasteiger partial charge in [-0.25, -0.2) is 0 Å². The topological polar surface area (TPSA) is 46.5 Å². The van der Waals surface area contributed by atoms with Gasteiger partial charge in [0.15, 0.2) is 0 Å². The molecule has 0 aromatic carbocycles. The Morgan fingerprint density at radius 1 is 1.38 bits per heavy atom. The van der Waals surface area contributed by atoms with E-state index in [-0.39, 0.29) is 12.5 Å². The smallest absolute Gasteiger partial charge is 0.306 e. The average Bonchev–Trinajstić information content (AvgIpc) is 1.98. The molecule has 16 heavy (non-hydrogen) atoms. The zero-order valence-corrected chi connectivity index (χ0v) is 11.0. The first-order chi connectivity index (χ1) is 7.20. The lowest BCUT2D eigenvalue weighted by Gasteiger charge is -2.28. The normalized spacial score (nSPS) is 13.3. The van der Waals surface area contributed by atoms with Crippen LogP contribution in [0, 0.1) is 0 Å². The second-order valence-electron chi connectivity index (χ2n) is 5.31. The lowest BCUT2D eigenvalue weighted by atomic mass is 10.2. The second-order valence-corrected chi connectivity index (χ2v) is 5.31. The second kappa shape index (κ2) is 6.66. The van der Waals surface area contributed by atoms with Crippen molar-refractivity contribution in [1.82, 2.24) is 0 Å². The van der Waals surface area contributed by atoms with Crippen molar-refractivity contribution in [3.63, 3.8) is 0 Å². The zero-order chi connectivity index (χ0) is 12.8. The summed E-state index contributed by atoms with van der Waals surface area (Å²) in [6, 6.07) is 0. The van der Waals surface area contributed by atoms with Crippen LogP contribution in [0.1, 0.15) is 20.3 Å². The lowest BCUT2D eigenvalue weighted by Crippen LogP contribution is -2.43. The van der Waals surface area contributed by atoms with Crippen LogP contribution in [-0.4, -0.2) is 56.0 Å². The molecule has 0 aliphatic rings. The number of rotatable bonds is 7. The third-order valence-corrected chi connectivity index (χ3v) is 1.98. The van der Waals surface area contributed by atoms with E-state index in [0.717, 1.165) is 0 Å². The molecule has 0 amide bonds. The number of carboxylic acids is 1. The van der Waals surface area contributed by atoms with Crippen molar-refractivity contribution in [3.05, 3.63) is 11.6 Å². The summed E-state index contributed by atoms with van der Waals surface area (Å²) in [5, 5.41) is 8.79. The Labute approximate surface area is 98.1 Å². The monoisotopic (exact) mass is 230 g/mol. The van der Waals surface area contributed by atoms with E-state index in [4.69, 9.17) is 9.84 Å². The molecule has 0 heterocycles. The van der Waals surface area contributed by atoms with E-state index in [2.05, 4.69) is 0 Å². The Hall–Kier alpha value is -0.870. The highest BCUT2D eigenvalue weighted by atomic mass is 16.5. The van der Waals surface area contributed by atoms with Crippen LogP contribution >= 0.6 is 0 Å². The van der Waals surface area contributed by atoms with E-state index < -0.39 is 5.97 Å². The molecule has 0 spiro atoms. The van der Waals surface area contributed by atoms with E-state index in [9.17, 15) is 4.79 Å². The van der Waals surface area contributed by atoms with E-state index in [1.165, 1.54) is 5.57 Å². The van der Waals surface area contributed by atoms with Crippen LogP contribution in [-0.2, 0) is 9.53 Å². The number of nitrogens with zero attached hydrogens (tertiary/aromatic N) is 1. The molecule has 0 rings (SSSR count). The summed E-state index contributed by atoms with van der Waals surface area (Å²) in [5.41, 5.74) is 1.18. The van der Waals surface area contributed by atoms with Crippen LogP contribution in [0.4, 0.5) is 0 Å². The van der Waals surface area contributed by atoms with Gasteiger partial charge >= 0.3 is 5.97 Å². The molecule has 1 unspecified atom stereocenters. The van der Waals surface area contributed by atoms with Crippen LogP contribution < -0.4 is 0 Å². The molecule has 0 aliphatic heterocycles. The Morgan fingerprint density at radius 2 is 1.94 bits per heavy atom. The predicted octanol–water partition coefficient (Wildman–Crippen LogP) is 1.52. The Balaban J connectivity index is 4.21. The Bertz CT molecular complexity index is 249. The maximum Gasteiger partial charge on any atom is 0.306 e. The first kappa shape index (κ1) is 15.1. The molecule has 0 bridgehead atoms. The van der Waals surface area contributed by atoms with Gasteiger partial charge in [0.1, 0.15) is 12.6 Å². The van der Waals surface area contributed by atoms with Crippen LogP contribution in [0.15, 0.2) is 11.6 Å². The fraction of sp³-hybridized carbons (Fsp3) is 0.750. The summed E-state index contributed by atoms with van der Waals surface area (Å²) < 4.78 is 6.27. The van der Waals surface area contributed by atoms with Gasteiger partial charge in [0, 0.05) is 0 Å². The van der Waals surface area contributed by atoms with Crippen LogP contribution in [0.5, 0.6) is 0 Å². The molecule has 94 valence electrons. The van der Waals surface area contributed by atoms with Gasteiger partial charge in [-0.3, -0.25) is 4.79 Å². The molecule has 0 saturated heterocycles. The average molecular weight is 230 g/mol. The highest BCUT2D eigenvalue weighted by Crippen LogP contribution is 2.05. The van der Waals surface area contributed by atoms with Gasteiger partial charge in [-0.2, -0.15) is 0 Å². The quantitative estimate of drug-likeness (QED) is 0.533. The molecule has 4 nitrogen and oxygen atoms in total. The summed E-state index contributed by atoms with van der Waals surface area (Å²) in [4.78, 5) is 10.7. The number of hydrogen-bond acceptors (Lipinski definition) is 2. The lowest BCUT2D eigenvalue weighted by molar-refractivity contribution is -0.873. The highest BCUT2D eigenvalue weighted by molar-refractivity contribution is 5.67. The SMILES string of the molecule is CC(C)=CCOC(CC(=O)O)C[N+](C)(C)C. The standard InChI is InChI=1S/C12H23NO3/c1-10(2)6-7-16-11(8-12(14)15)9-13(3,4)5/h6,11H,7-9H2,1-5H3/p+1. The highest BCUT2D eigenvalue weighted by Gasteiger charge is 2.21. The summed E-state index contributed by atoms with van der Waals surface area (Å²) in [7, 11) is 6.08. The van der Waals surface area contributed by atoms with Crippen LogP contribution in [0.25, 0.3) is 0 Å². The molecular formula is C12H24NO3+. The van der Waals surface area contributed by atoms with Gasteiger partial charge in [-0.15, -0.1) is 0 Å². The maximum absolute atomic E-state index is 10.7. The first-order valence-corrected chi connectivity index (χ1v) is 5.48. The van der Waals surface area contributed by atoms with Crippen molar-refractivity contribution < 1.29 is 19.1 Å². The first-order valence-electron chi connectivity index (χ1n) is 5.48.